The van der Waals surface area contributed by atoms with Gasteiger partial charge in [0.1, 0.15) is 28.7 Å². The molecule has 0 spiro atoms. The van der Waals surface area contributed by atoms with Crippen molar-refractivity contribution in [2.75, 3.05) is 13.2 Å². The zero-order valence-corrected chi connectivity index (χ0v) is 29.4. The molecule has 0 saturated carbocycles. The molecule has 0 N–H and O–H groups in total. The lowest BCUT2D eigenvalue weighted by molar-refractivity contribution is 0.0723. The van der Waals surface area contributed by atoms with E-state index >= 15 is 0 Å². The highest BCUT2D eigenvalue weighted by Gasteiger charge is 2.14. The van der Waals surface area contributed by atoms with E-state index in [0.29, 0.717) is 64.6 Å². The van der Waals surface area contributed by atoms with E-state index in [0.717, 1.165) is 36.8 Å². The summed E-state index contributed by atoms with van der Waals surface area (Å²) in [7, 11) is 0. The Bertz CT molecular complexity index is 1930. The number of carbonyl (C=O) groups excluding carboxylic acids is 3. The van der Waals surface area contributed by atoms with Crippen LogP contribution >= 0.6 is 0 Å². The molecule has 0 fully saturated rings. The number of hydrogen-bond donors (Lipinski definition) is 0. The van der Waals surface area contributed by atoms with Gasteiger partial charge in [-0.1, -0.05) is 50.6 Å². The average Bonchev–Trinajstić information content (AvgIpc) is 3.18. The van der Waals surface area contributed by atoms with E-state index < -0.39 is 17.9 Å². The SMILES string of the molecule is C=CCCCCOc1ccc(C(=O)Oc2ccc(-c3cccc(OC(=O)c4ccc(OC(=O)c5ccc(OC[C@@H](C)CC)cc5)cc4)c3)cc2)cc1. The molecule has 5 aromatic rings. The molecule has 0 aliphatic heterocycles. The van der Waals surface area contributed by atoms with E-state index in [9.17, 15) is 14.4 Å². The van der Waals surface area contributed by atoms with Crippen LogP contribution in [0.2, 0.25) is 0 Å². The first kappa shape index (κ1) is 37.1. The Kier molecular flexibility index (Phi) is 13.4. The lowest BCUT2D eigenvalue weighted by Crippen LogP contribution is -2.10. The van der Waals surface area contributed by atoms with Gasteiger partial charge in [0, 0.05) is 0 Å². The predicted molar refractivity (Wildman–Crippen MR) is 201 cm³/mol. The number of allylic oxidation sites excluding steroid dienone is 1. The second kappa shape index (κ2) is 18.7. The topological polar surface area (TPSA) is 97.4 Å². The fourth-order valence-corrected chi connectivity index (χ4v) is 4.92. The molecule has 0 aliphatic carbocycles. The molecule has 0 saturated heterocycles. The Morgan fingerprint density at radius 2 is 1.06 bits per heavy atom. The molecule has 1 atom stereocenters. The molecule has 0 aliphatic rings. The van der Waals surface area contributed by atoms with E-state index in [-0.39, 0.29) is 0 Å². The molecule has 266 valence electrons. The maximum absolute atomic E-state index is 12.9. The average molecular weight is 699 g/mol. The van der Waals surface area contributed by atoms with E-state index in [2.05, 4.69) is 20.4 Å². The van der Waals surface area contributed by atoms with Crippen LogP contribution in [0.3, 0.4) is 0 Å². The largest absolute Gasteiger partial charge is 0.494 e. The van der Waals surface area contributed by atoms with Crippen LogP contribution in [0.15, 0.2) is 134 Å². The van der Waals surface area contributed by atoms with Crippen LogP contribution in [0.25, 0.3) is 11.1 Å². The second-order valence-electron chi connectivity index (χ2n) is 12.3. The molecular weight excluding hydrogens is 656 g/mol. The zero-order valence-electron chi connectivity index (χ0n) is 29.4. The molecule has 5 rings (SSSR count). The molecule has 0 radical (unpaired) electrons. The summed E-state index contributed by atoms with van der Waals surface area (Å²) in [5, 5.41) is 0. The molecule has 5 aromatic carbocycles. The summed E-state index contributed by atoms with van der Waals surface area (Å²) in [6.45, 7) is 9.17. The highest BCUT2D eigenvalue weighted by Crippen LogP contribution is 2.27. The first-order valence-corrected chi connectivity index (χ1v) is 17.3. The van der Waals surface area contributed by atoms with Crippen LogP contribution in [0.1, 0.15) is 70.6 Å². The molecule has 8 heteroatoms. The van der Waals surface area contributed by atoms with Gasteiger partial charge >= 0.3 is 17.9 Å². The summed E-state index contributed by atoms with van der Waals surface area (Å²) in [4.78, 5) is 38.3. The van der Waals surface area contributed by atoms with Crippen molar-refractivity contribution < 1.29 is 38.1 Å². The number of rotatable bonds is 17. The van der Waals surface area contributed by atoms with Crippen LogP contribution in [0, 0.1) is 5.92 Å². The third-order valence-electron chi connectivity index (χ3n) is 8.23. The first-order valence-electron chi connectivity index (χ1n) is 17.3. The normalized spacial score (nSPS) is 11.2. The number of benzene rings is 5. The van der Waals surface area contributed by atoms with Crippen LogP contribution in [-0.4, -0.2) is 31.1 Å². The Hall–Kier alpha value is -6.15. The first-order chi connectivity index (χ1) is 25.3. The standard InChI is InChI=1S/C44H42O8/c1-4-6-7-8-28-48-37-20-14-33(15-21-37)42(45)50-39-24-12-32(13-25-39)36-10-9-11-41(29-36)52-44(47)35-18-26-40(27-19-35)51-43(46)34-16-22-38(23-17-34)49-30-31(3)5-2/h4,9-27,29,31H,1,5-8,28,30H2,2-3H3/t31-/m0/s1. The summed E-state index contributed by atoms with van der Waals surface area (Å²) >= 11 is 0. The molecule has 0 amide bonds. The smallest absolute Gasteiger partial charge is 0.343 e. The minimum atomic E-state index is -0.562. The van der Waals surface area contributed by atoms with Gasteiger partial charge in [-0.2, -0.15) is 0 Å². The molecule has 0 heterocycles. The van der Waals surface area contributed by atoms with Gasteiger partial charge in [0.25, 0.3) is 0 Å². The highest BCUT2D eigenvalue weighted by molar-refractivity contribution is 5.93. The maximum Gasteiger partial charge on any atom is 0.343 e. The predicted octanol–water partition coefficient (Wildman–Crippen LogP) is 10.2. The summed E-state index contributed by atoms with van der Waals surface area (Å²) in [6.07, 6.45) is 5.84. The lowest BCUT2D eigenvalue weighted by Gasteiger charge is -2.11. The number of esters is 3. The Labute approximate surface area is 304 Å². The van der Waals surface area contributed by atoms with Gasteiger partial charge in [0.15, 0.2) is 0 Å². The van der Waals surface area contributed by atoms with Crippen molar-refractivity contribution in [3.05, 3.63) is 151 Å². The van der Waals surface area contributed by atoms with E-state index in [4.69, 9.17) is 23.7 Å². The summed E-state index contributed by atoms with van der Waals surface area (Å²) < 4.78 is 28.2. The van der Waals surface area contributed by atoms with Gasteiger partial charge in [-0.25, -0.2) is 14.4 Å². The van der Waals surface area contributed by atoms with Gasteiger partial charge in [0.2, 0.25) is 0 Å². The molecule has 0 unspecified atom stereocenters. The van der Waals surface area contributed by atoms with Gasteiger partial charge in [-0.15, -0.1) is 6.58 Å². The number of hydrogen-bond acceptors (Lipinski definition) is 8. The third kappa shape index (κ3) is 10.9. The molecule has 0 bridgehead atoms. The fourth-order valence-electron chi connectivity index (χ4n) is 4.92. The van der Waals surface area contributed by atoms with Crippen molar-refractivity contribution in [1.82, 2.24) is 0 Å². The second-order valence-corrected chi connectivity index (χ2v) is 12.3. The highest BCUT2D eigenvalue weighted by atomic mass is 16.5. The van der Waals surface area contributed by atoms with Crippen molar-refractivity contribution in [3.63, 3.8) is 0 Å². The number of ether oxygens (including phenoxy) is 5. The molecular formula is C44H42O8. The van der Waals surface area contributed by atoms with Crippen molar-refractivity contribution in [3.8, 4) is 39.9 Å². The third-order valence-corrected chi connectivity index (χ3v) is 8.23. The van der Waals surface area contributed by atoms with Crippen molar-refractivity contribution in [2.24, 2.45) is 5.92 Å². The maximum atomic E-state index is 12.9. The minimum absolute atomic E-state index is 0.292. The summed E-state index contributed by atoms with van der Waals surface area (Å²) in [5.41, 5.74) is 2.73. The van der Waals surface area contributed by atoms with E-state index in [1.165, 1.54) is 12.1 Å². The van der Waals surface area contributed by atoms with Crippen molar-refractivity contribution >= 4 is 17.9 Å². The summed E-state index contributed by atoms with van der Waals surface area (Å²) in [5.74, 6) is 1.33. The molecule has 0 aromatic heterocycles. The van der Waals surface area contributed by atoms with Crippen LogP contribution in [-0.2, 0) is 0 Å². The van der Waals surface area contributed by atoms with Gasteiger partial charge in [0.05, 0.1) is 29.9 Å². The lowest BCUT2D eigenvalue weighted by atomic mass is 10.1. The summed E-state index contributed by atoms with van der Waals surface area (Å²) in [6, 6.07) is 34.0. The number of unbranched alkanes of at least 4 members (excludes halogenated alkanes) is 2. The molecule has 52 heavy (non-hydrogen) atoms. The minimum Gasteiger partial charge on any atom is -0.494 e. The van der Waals surface area contributed by atoms with Crippen LogP contribution in [0.5, 0.6) is 28.7 Å². The van der Waals surface area contributed by atoms with Crippen molar-refractivity contribution in [2.45, 2.75) is 39.5 Å². The quantitative estimate of drug-likeness (QED) is 0.0410. The fraction of sp³-hybridized carbons (Fsp3) is 0.205. The van der Waals surface area contributed by atoms with Gasteiger partial charge in [-0.05, 0) is 133 Å². The Morgan fingerprint density at radius 3 is 1.58 bits per heavy atom. The van der Waals surface area contributed by atoms with E-state index in [1.807, 2.05) is 24.3 Å². The molecule has 8 nitrogen and oxygen atoms in total. The van der Waals surface area contributed by atoms with Gasteiger partial charge < -0.3 is 23.7 Å². The Balaban J connectivity index is 1.11. The Morgan fingerprint density at radius 1 is 0.577 bits per heavy atom. The van der Waals surface area contributed by atoms with E-state index in [1.54, 1.807) is 91.0 Å². The monoisotopic (exact) mass is 698 g/mol. The zero-order chi connectivity index (χ0) is 36.7. The number of carbonyl (C=O) groups is 3. The van der Waals surface area contributed by atoms with Crippen LogP contribution in [0.4, 0.5) is 0 Å². The van der Waals surface area contributed by atoms with Gasteiger partial charge in [-0.3, -0.25) is 0 Å². The van der Waals surface area contributed by atoms with Crippen LogP contribution < -0.4 is 23.7 Å². The van der Waals surface area contributed by atoms with Crippen molar-refractivity contribution in [1.29, 1.82) is 0 Å².